The van der Waals surface area contributed by atoms with Gasteiger partial charge in [0.1, 0.15) is 0 Å². The number of nitrogens with two attached hydrogens (primary N) is 1. The highest BCUT2D eigenvalue weighted by Gasteiger charge is 2.10. The van der Waals surface area contributed by atoms with Gasteiger partial charge in [0.25, 0.3) is 5.91 Å². The van der Waals surface area contributed by atoms with Gasteiger partial charge >= 0.3 is 0 Å². The molecular formula is C15H14Cl2N2O3. The van der Waals surface area contributed by atoms with Gasteiger partial charge in [0.2, 0.25) is 0 Å². The number of benzene rings is 2. The molecule has 22 heavy (non-hydrogen) atoms. The summed E-state index contributed by atoms with van der Waals surface area (Å²) in [5.41, 5.74) is 6.35. The first-order valence-electron chi connectivity index (χ1n) is 6.31. The predicted molar refractivity (Wildman–Crippen MR) is 88.0 cm³/mol. The Morgan fingerprint density at radius 3 is 2.36 bits per heavy atom. The molecule has 0 aliphatic heterocycles. The Balaban J connectivity index is 1.99. The number of halogens is 2. The number of methoxy groups -OCH3 is 1. The molecule has 0 saturated carbocycles. The Morgan fingerprint density at radius 1 is 1.18 bits per heavy atom. The standard InChI is InChI=1S/C15H14Cl2N2O3/c1-21-12-4-2-3-5-13(12)22-8-14(20)19-9-6-10(16)15(18)11(17)7-9/h2-7H,8,18H2,1H3,(H,19,20). The fourth-order valence-corrected chi connectivity index (χ4v) is 2.22. The van der Waals surface area contributed by atoms with Crippen LogP contribution in [0.4, 0.5) is 11.4 Å². The van der Waals surface area contributed by atoms with Crippen LogP contribution in [0.5, 0.6) is 11.5 Å². The third-order valence-corrected chi connectivity index (χ3v) is 3.42. The van der Waals surface area contributed by atoms with Gasteiger partial charge in [-0.3, -0.25) is 4.79 Å². The number of carbonyl (C=O) groups excluding carboxylic acids is 1. The molecule has 2 aromatic rings. The zero-order valence-electron chi connectivity index (χ0n) is 11.7. The Hall–Kier alpha value is -2.11. The first-order chi connectivity index (χ1) is 10.5. The number of nitrogen functional groups attached to an aromatic ring is 1. The molecular weight excluding hydrogens is 327 g/mol. The molecule has 0 atom stereocenters. The molecule has 0 heterocycles. The molecule has 0 aromatic heterocycles. The van der Waals surface area contributed by atoms with Crippen molar-refractivity contribution in [3.8, 4) is 11.5 Å². The van der Waals surface area contributed by atoms with Crippen molar-refractivity contribution in [3.63, 3.8) is 0 Å². The molecule has 7 heteroatoms. The van der Waals surface area contributed by atoms with Crippen molar-refractivity contribution in [2.24, 2.45) is 0 Å². The topological polar surface area (TPSA) is 73.6 Å². The molecule has 0 unspecified atom stereocenters. The van der Waals surface area contributed by atoms with Crippen LogP contribution < -0.4 is 20.5 Å². The van der Waals surface area contributed by atoms with E-state index in [-0.39, 0.29) is 28.2 Å². The predicted octanol–water partition coefficient (Wildman–Crippen LogP) is 3.60. The van der Waals surface area contributed by atoms with Crippen molar-refractivity contribution in [1.29, 1.82) is 0 Å². The summed E-state index contributed by atoms with van der Waals surface area (Å²) in [5.74, 6) is 0.671. The highest BCUT2D eigenvalue weighted by Crippen LogP contribution is 2.31. The molecule has 2 aromatic carbocycles. The van der Waals surface area contributed by atoms with E-state index >= 15 is 0 Å². The van der Waals surface area contributed by atoms with Crippen molar-refractivity contribution in [3.05, 3.63) is 46.4 Å². The van der Waals surface area contributed by atoms with E-state index in [9.17, 15) is 4.79 Å². The Kier molecular flexibility index (Phi) is 5.35. The van der Waals surface area contributed by atoms with Crippen molar-refractivity contribution < 1.29 is 14.3 Å². The molecule has 0 fully saturated rings. The van der Waals surface area contributed by atoms with E-state index in [2.05, 4.69) is 5.32 Å². The second-order valence-corrected chi connectivity index (χ2v) is 5.16. The van der Waals surface area contributed by atoms with Gasteiger partial charge < -0.3 is 20.5 Å². The van der Waals surface area contributed by atoms with E-state index in [0.717, 1.165) is 0 Å². The van der Waals surface area contributed by atoms with Crippen LogP contribution >= 0.6 is 23.2 Å². The van der Waals surface area contributed by atoms with Crippen molar-refractivity contribution in [2.75, 3.05) is 24.8 Å². The fraction of sp³-hybridized carbons (Fsp3) is 0.133. The maximum Gasteiger partial charge on any atom is 0.262 e. The number of carbonyl (C=O) groups is 1. The lowest BCUT2D eigenvalue weighted by Gasteiger charge is -2.11. The molecule has 0 aliphatic carbocycles. The molecule has 116 valence electrons. The minimum atomic E-state index is -0.359. The number of hydrogen-bond acceptors (Lipinski definition) is 4. The number of para-hydroxylation sites is 2. The van der Waals surface area contributed by atoms with E-state index in [1.807, 2.05) is 6.07 Å². The number of anilines is 2. The summed E-state index contributed by atoms with van der Waals surface area (Å²) in [4.78, 5) is 11.9. The summed E-state index contributed by atoms with van der Waals surface area (Å²) in [6, 6.07) is 10.1. The summed E-state index contributed by atoms with van der Waals surface area (Å²) in [7, 11) is 1.53. The zero-order chi connectivity index (χ0) is 16.1. The van der Waals surface area contributed by atoms with Gasteiger partial charge in [-0.25, -0.2) is 0 Å². The van der Waals surface area contributed by atoms with Crippen LogP contribution in [0.2, 0.25) is 10.0 Å². The van der Waals surface area contributed by atoms with Crippen LogP contribution in [0.15, 0.2) is 36.4 Å². The number of nitrogens with one attached hydrogen (secondary N) is 1. The summed E-state index contributed by atoms with van der Waals surface area (Å²) >= 11 is 11.8. The zero-order valence-corrected chi connectivity index (χ0v) is 13.2. The van der Waals surface area contributed by atoms with Gasteiger partial charge in [-0.1, -0.05) is 35.3 Å². The lowest BCUT2D eigenvalue weighted by molar-refractivity contribution is -0.118. The highest BCUT2D eigenvalue weighted by molar-refractivity contribution is 6.39. The van der Waals surface area contributed by atoms with Crippen LogP contribution in [0.1, 0.15) is 0 Å². The van der Waals surface area contributed by atoms with Gasteiger partial charge in [-0.2, -0.15) is 0 Å². The maximum atomic E-state index is 11.9. The van der Waals surface area contributed by atoms with Gasteiger partial charge in [0, 0.05) is 5.69 Å². The van der Waals surface area contributed by atoms with Crippen LogP contribution in [0.25, 0.3) is 0 Å². The normalized spacial score (nSPS) is 10.1. The minimum Gasteiger partial charge on any atom is -0.493 e. The average molecular weight is 341 g/mol. The molecule has 1 amide bonds. The summed E-state index contributed by atoms with van der Waals surface area (Å²) in [6.45, 7) is -0.181. The third-order valence-electron chi connectivity index (χ3n) is 2.79. The van der Waals surface area contributed by atoms with E-state index in [4.69, 9.17) is 38.4 Å². The van der Waals surface area contributed by atoms with Crippen molar-refractivity contribution in [2.45, 2.75) is 0 Å². The van der Waals surface area contributed by atoms with E-state index in [0.29, 0.717) is 17.2 Å². The molecule has 2 rings (SSSR count). The van der Waals surface area contributed by atoms with Crippen molar-refractivity contribution >= 4 is 40.5 Å². The number of ether oxygens (including phenoxy) is 2. The molecule has 5 nitrogen and oxygen atoms in total. The van der Waals surface area contributed by atoms with E-state index in [1.54, 1.807) is 18.2 Å². The molecule has 3 N–H and O–H groups in total. The highest BCUT2D eigenvalue weighted by atomic mass is 35.5. The smallest absolute Gasteiger partial charge is 0.262 e. The van der Waals surface area contributed by atoms with E-state index < -0.39 is 0 Å². The fourth-order valence-electron chi connectivity index (χ4n) is 1.73. The molecule has 0 bridgehead atoms. The van der Waals surface area contributed by atoms with Gasteiger partial charge in [-0.05, 0) is 24.3 Å². The Morgan fingerprint density at radius 2 is 1.77 bits per heavy atom. The van der Waals surface area contributed by atoms with Crippen LogP contribution in [0, 0.1) is 0 Å². The quantitative estimate of drug-likeness (QED) is 0.815. The maximum absolute atomic E-state index is 11.9. The SMILES string of the molecule is COc1ccccc1OCC(=O)Nc1cc(Cl)c(N)c(Cl)c1. The second-order valence-electron chi connectivity index (χ2n) is 4.34. The number of hydrogen-bond donors (Lipinski definition) is 2. The molecule has 0 radical (unpaired) electrons. The third kappa shape index (κ3) is 3.96. The lowest BCUT2D eigenvalue weighted by Crippen LogP contribution is -2.20. The minimum absolute atomic E-state index is 0.181. The Bertz CT molecular complexity index is 669. The average Bonchev–Trinajstić information content (AvgIpc) is 2.50. The first kappa shape index (κ1) is 16.3. The molecule has 0 spiro atoms. The number of rotatable bonds is 5. The van der Waals surface area contributed by atoms with Crippen LogP contribution in [0.3, 0.4) is 0 Å². The lowest BCUT2D eigenvalue weighted by atomic mass is 10.3. The number of amides is 1. The molecule has 0 saturated heterocycles. The monoisotopic (exact) mass is 340 g/mol. The first-order valence-corrected chi connectivity index (χ1v) is 7.07. The van der Waals surface area contributed by atoms with Crippen LogP contribution in [-0.4, -0.2) is 19.6 Å². The van der Waals surface area contributed by atoms with Crippen molar-refractivity contribution in [1.82, 2.24) is 0 Å². The molecule has 0 aliphatic rings. The summed E-state index contributed by atoms with van der Waals surface area (Å²) < 4.78 is 10.6. The second kappa shape index (κ2) is 7.24. The van der Waals surface area contributed by atoms with E-state index in [1.165, 1.54) is 19.2 Å². The van der Waals surface area contributed by atoms with Gasteiger partial charge in [0.15, 0.2) is 18.1 Å². The van der Waals surface area contributed by atoms with Gasteiger partial charge in [-0.15, -0.1) is 0 Å². The summed E-state index contributed by atoms with van der Waals surface area (Å²) in [6.07, 6.45) is 0. The van der Waals surface area contributed by atoms with Gasteiger partial charge in [0.05, 0.1) is 22.8 Å². The summed E-state index contributed by atoms with van der Waals surface area (Å²) in [5, 5.41) is 3.17. The van der Waals surface area contributed by atoms with Crippen LogP contribution in [-0.2, 0) is 4.79 Å². The largest absolute Gasteiger partial charge is 0.493 e. The Labute approximate surface area is 137 Å².